The maximum Gasteiger partial charge on any atom is 0.143 e. The summed E-state index contributed by atoms with van der Waals surface area (Å²) in [7, 11) is 0. The molecule has 3 nitrogen and oxygen atoms in total. The third-order valence-electron chi connectivity index (χ3n) is 11.6. The molecule has 256 valence electrons. The lowest BCUT2D eigenvalue weighted by Crippen LogP contribution is -2.30. The van der Waals surface area contributed by atoms with Crippen LogP contribution in [0.4, 0.5) is 17.1 Å². The van der Waals surface area contributed by atoms with Gasteiger partial charge in [0.1, 0.15) is 11.2 Å². The van der Waals surface area contributed by atoms with Crippen LogP contribution in [0.1, 0.15) is 25.0 Å². The van der Waals surface area contributed by atoms with Gasteiger partial charge in [-0.05, 0) is 94.5 Å². The highest BCUT2D eigenvalue weighted by Crippen LogP contribution is 2.52. The topological polar surface area (TPSA) is 21.3 Å². The molecule has 0 aliphatic carbocycles. The zero-order valence-corrected chi connectivity index (χ0v) is 30.1. The molecule has 1 aliphatic rings. The molecule has 3 heterocycles. The Morgan fingerprint density at radius 2 is 1.07 bits per heavy atom. The van der Waals surface area contributed by atoms with Gasteiger partial charge in [-0.15, -0.1) is 0 Å². The Labute approximate surface area is 314 Å². The van der Waals surface area contributed by atoms with Gasteiger partial charge in [0.2, 0.25) is 0 Å². The summed E-state index contributed by atoms with van der Waals surface area (Å²) in [6.45, 7) is 4.71. The van der Waals surface area contributed by atoms with Crippen LogP contribution >= 0.6 is 0 Å². The van der Waals surface area contributed by atoms with Crippen LogP contribution in [-0.2, 0) is 5.41 Å². The predicted molar refractivity (Wildman–Crippen MR) is 226 cm³/mol. The van der Waals surface area contributed by atoms with Crippen molar-refractivity contribution in [3.8, 4) is 27.9 Å². The second-order valence-corrected chi connectivity index (χ2v) is 15.0. The number of benzene rings is 8. The molecule has 0 radical (unpaired) electrons. The Bertz CT molecular complexity index is 3070. The van der Waals surface area contributed by atoms with Crippen LogP contribution in [0, 0.1) is 0 Å². The van der Waals surface area contributed by atoms with Crippen LogP contribution in [0.5, 0.6) is 0 Å². The fraction of sp³-hybridized carbons (Fsp3) is 0.0588. The molecule has 1 aliphatic heterocycles. The molecule has 0 unspecified atom stereocenters. The van der Waals surface area contributed by atoms with E-state index in [4.69, 9.17) is 4.42 Å². The summed E-state index contributed by atoms with van der Waals surface area (Å²) in [5.74, 6) is 0. The first-order chi connectivity index (χ1) is 26.5. The van der Waals surface area contributed by atoms with Crippen LogP contribution in [-0.4, -0.2) is 4.57 Å². The quantitative estimate of drug-likeness (QED) is 0.183. The second kappa shape index (κ2) is 11.6. The lowest BCUT2D eigenvalue weighted by molar-refractivity contribution is 0.632. The molecule has 0 fully saturated rings. The highest BCUT2D eigenvalue weighted by Gasteiger charge is 2.37. The molecule has 11 rings (SSSR count). The molecule has 8 aromatic carbocycles. The minimum Gasteiger partial charge on any atom is -0.455 e. The van der Waals surface area contributed by atoms with Crippen LogP contribution in [0.2, 0.25) is 0 Å². The second-order valence-electron chi connectivity index (χ2n) is 15.0. The van der Waals surface area contributed by atoms with E-state index in [9.17, 15) is 0 Å². The lowest BCUT2D eigenvalue weighted by atomic mass is 9.73. The smallest absolute Gasteiger partial charge is 0.143 e. The van der Waals surface area contributed by atoms with Gasteiger partial charge in [-0.25, -0.2) is 0 Å². The molecule has 0 bridgehead atoms. The van der Waals surface area contributed by atoms with Gasteiger partial charge in [-0.1, -0.05) is 129 Å². The number of hydrogen-bond acceptors (Lipinski definition) is 2. The van der Waals surface area contributed by atoms with E-state index in [-0.39, 0.29) is 5.41 Å². The third kappa shape index (κ3) is 4.48. The first kappa shape index (κ1) is 30.8. The molecule has 2 aromatic heterocycles. The van der Waals surface area contributed by atoms with Gasteiger partial charge >= 0.3 is 0 Å². The Kier molecular flexibility index (Phi) is 6.60. The van der Waals surface area contributed by atoms with Crippen LogP contribution in [0.3, 0.4) is 0 Å². The van der Waals surface area contributed by atoms with E-state index in [1.807, 2.05) is 12.1 Å². The molecule has 0 N–H and O–H groups in total. The Hall–Kier alpha value is -6.84. The lowest BCUT2D eigenvalue weighted by Gasteiger charge is -2.42. The minimum atomic E-state index is -0.171. The Morgan fingerprint density at radius 3 is 1.94 bits per heavy atom. The molecule has 10 aromatic rings. The molecule has 0 saturated heterocycles. The SMILES string of the molecule is CC1(C)c2ccccc2N(c2ccccc2)c2ccc(-c3ccc4c(c3)c3ccccc3n4-c3ccc(-c4cccc5c4oc4ccccc45)cc3)cc21. The standard InChI is InChI=1S/C51H36N2O/c1-51(2)43-19-8-10-21-47(43)53(36-13-4-3-5-14-36)48-30-26-35(32-44(48)51)34-25-29-46-42(31-34)39-15-6-9-20-45(39)52(46)37-27-23-33(24-28-37)38-17-12-18-41-40-16-7-11-22-49(40)54-50(38)41/h3-32H,1-2H3. The van der Waals surface area contributed by atoms with Crippen molar-refractivity contribution in [3.63, 3.8) is 0 Å². The van der Waals surface area contributed by atoms with Gasteiger partial charge in [0, 0.05) is 43.9 Å². The van der Waals surface area contributed by atoms with Crippen molar-refractivity contribution in [1.29, 1.82) is 0 Å². The fourth-order valence-corrected chi connectivity index (χ4v) is 8.93. The summed E-state index contributed by atoms with van der Waals surface area (Å²) in [4.78, 5) is 2.42. The van der Waals surface area contributed by atoms with Crippen LogP contribution < -0.4 is 4.90 Å². The normalized spacial score (nSPS) is 13.5. The highest BCUT2D eigenvalue weighted by atomic mass is 16.3. The van der Waals surface area contributed by atoms with Crippen molar-refractivity contribution in [2.75, 3.05) is 4.90 Å². The van der Waals surface area contributed by atoms with E-state index in [0.717, 1.165) is 38.8 Å². The van der Waals surface area contributed by atoms with Gasteiger partial charge in [0.25, 0.3) is 0 Å². The molecule has 0 atom stereocenters. The van der Waals surface area contributed by atoms with E-state index < -0.39 is 0 Å². The van der Waals surface area contributed by atoms with Crippen molar-refractivity contribution in [2.24, 2.45) is 0 Å². The monoisotopic (exact) mass is 692 g/mol. The van der Waals surface area contributed by atoms with Gasteiger partial charge in [0.15, 0.2) is 0 Å². The summed E-state index contributed by atoms with van der Waals surface area (Å²) in [6.07, 6.45) is 0. The number of furan rings is 1. The number of para-hydroxylation sites is 5. The van der Waals surface area contributed by atoms with Gasteiger partial charge in [-0.2, -0.15) is 0 Å². The largest absolute Gasteiger partial charge is 0.455 e. The summed E-state index contributed by atoms with van der Waals surface area (Å²) in [5, 5.41) is 4.78. The third-order valence-corrected chi connectivity index (χ3v) is 11.6. The molecule has 0 saturated carbocycles. The Morgan fingerprint density at radius 1 is 0.426 bits per heavy atom. The van der Waals surface area contributed by atoms with E-state index in [0.29, 0.717) is 0 Å². The molecule has 3 heteroatoms. The average molecular weight is 693 g/mol. The van der Waals surface area contributed by atoms with Crippen molar-refractivity contribution in [1.82, 2.24) is 4.57 Å². The molecular formula is C51H36N2O. The first-order valence-corrected chi connectivity index (χ1v) is 18.7. The number of nitrogens with zero attached hydrogens (tertiary/aromatic N) is 2. The maximum absolute atomic E-state index is 6.38. The number of hydrogen-bond donors (Lipinski definition) is 0. The number of rotatable bonds is 4. The fourth-order valence-electron chi connectivity index (χ4n) is 8.93. The minimum absolute atomic E-state index is 0.171. The van der Waals surface area contributed by atoms with E-state index in [1.165, 1.54) is 61.1 Å². The maximum atomic E-state index is 6.38. The number of aromatic nitrogens is 1. The van der Waals surface area contributed by atoms with Crippen molar-refractivity contribution in [2.45, 2.75) is 19.3 Å². The van der Waals surface area contributed by atoms with Crippen molar-refractivity contribution < 1.29 is 4.42 Å². The summed E-state index contributed by atoms with van der Waals surface area (Å²) in [5.41, 5.74) is 16.1. The van der Waals surface area contributed by atoms with E-state index >= 15 is 0 Å². The predicted octanol–water partition coefficient (Wildman–Crippen LogP) is 14.1. The van der Waals surface area contributed by atoms with Gasteiger partial charge in [0.05, 0.1) is 22.4 Å². The summed E-state index contributed by atoms with van der Waals surface area (Å²) < 4.78 is 8.77. The van der Waals surface area contributed by atoms with E-state index in [1.54, 1.807) is 0 Å². The number of fused-ring (bicyclic) bond motifs is 8. The molecule has 0 amide bonds. The number of anilines is 3. The van der Waals surface area contributed by atoms with Crippen LogP contribution in [0.25, 0.3) is 71.7 Å². The Balaban J connectivity index is 1.02. The van der Waals surface area contributed by atoms with Crippen molar-refractivity contribution in [3.05, 3.63) is 193 Å². The van der Waals surface area contributed by atoms with Crippen molar-refractivity contribution >= 4 is 60.8 Å². The molecule has 54 heavy (non-hydrogen) atoms. The van der Waals surface area contributed by atoms with Crippen LogP contribution in [0.15, 0.2) is 186 Å². The zero-order valence-electron chi connectivity index (χ0n) is 30.1. The molecular weight excluding hydrogens is 657 g/mol. The summed E-state index contributed by atoms with van der Waals surface area (Å²) in [6, 6.07) is 65.9. The average Bonchev–Trinajstić information content (AvgIpc) is 3.77. The van der Waals surface area contributed by atoms with Gasteiger partial charge in [-0.3, -0.25) is 0 Å². The highest BCUT2D eigenvalue weighted by molar-refractivity contribution is 6.11. The molecule has 0 spiro atoms. The van der Waals surface area contributed by atoms with E-state index in [2.05, 4.69) is 193 Å². The van der Waals surface area contributed by atoms with Gasteiger partial charge < -0.3 is 13.9 Å². The first-order valence-electron chi connectivity index (χ1n) is 18.7. The zero-order chi connectivity index (χ0) is 36.0. The summed E-state index contributed by atoms with van der Waals surface area (Å²) >= 11 is 0.